The van der Waals surface area contributed by atoms with Gasteiger partial charge < -0.3 is 10.8 Å². The number of nitrogen functional groups attached to an aromatic ring is 1. The van der Waals surface area contributed by atoms with Crippen molar-refractivity contribution >= 4 is 67.6 Å². The smallest absolute Gasteiger partial charge is 0.270 e. The average Bonchev–Trinajstić information content (AvgIpc) is 2.79. The maximum Gasteiger partial charge on any atom is 0.270 e. The molecule has 0 saturated carbocycles. The van der Waals surface area contributed by atoms with E-state index in [1.807, 2.05) is 32.0 Å². The van der Waals surface area contributed by atoms with Gasteiger partial charge in [-0.05, 0) is 59.6 Å². The third kappa shape index (κ3) is 3.44. The predicted octanol–water partition coefficient (Wildman–Crippen LogP) is 4.76. The lowest BCUT2D eigenvalue weighted by molar-refractivity contribution is -0.113. The number of aryl methyl sites for hydroxylation is 2. The van der Waals surface area contributed by atoms with E-state index in [1.54, 1.807) is 18.2 Å². The van der Waals surface area contributed by atoms with Crippen molar-refractivity contribution in [2.45, 2.75) is 13.8 Å². The Labute approximate surface area is 163 Å². The minimum atomic E-state index is -0.208. The van der Waals surface area contributed by atoms with Crippen LogP contribution in [0.4, 0.5) is 11.4 Å². The van der Waals surface area contributed by atoms with Gasteiger partial charge in [0.2, 0.25) is 0 Å². The van der Waals surface area contributed by atoms with E-state index < -0.39 is 0 Å². The summed E-state index contributed by atoms with van der Waals surface area (Å²) >= 11 is 9.86. The van der Waals surface area contributed by atoms with Crippen molar-refractivity contribution in [3.05, 3.63) is 56.4 Å². The van der Waals surface area contributed by atoms with Crippen LogP contribution in [-0.2, 0) is 4.79 Å². The lowest BCUT2D eigenvalue weighted by Crippen LogP contribution is -2.28. The SMILES string of the molecule is Cc1ccc(N2C(=O)/C(=C/c3cc(N)cc(Br)c3O)SC2=S)c(C)c1. The fourth-order valence-corrected chi connectivity index (χ4v) is 4.39. The van der Waals surface area contributed by atoms with Crippen LogP contribution in [-0.4, -0.2) is 15.3 Å². The largest absolute Gasteiger partial charge is 0.506 e. The van der Waals surface area contributed by atoms with Crippen LogP contribution in [0.5, 0.6) is 5.75 Å². The molecular formula is C18H15BrN2O2S2. The number of hydrogen-bond donors (Lipinski definition) is 2. The van der Waals surface area contributed by atoms with Crippen molar-refractivity contribution in [3.63, 3.8) is 0 Å². The Kier molecular flexibility index (Phi) is 4.90. The van der Waals surface area contributed by atoms with Gasteiger partial charge in [-0.15, -0.1) is 0 Å². The number of nitrogens with two attached hydrogens (primary N) is 1. The zero-order valence-corrected chi connectivity index (χ0v) is 16.8. The number of halogens is 1. The quantitative estimate of drug-likeness (QED) is 0.308. The number of phenolic OH excluding ortho intramolecular Hbond substituents is 1. The number of carbonyl (C=O) groups excluding carboxylic acids is 1. The molecule has 25 heavy (non-hydrogen) atoms. The van der Waals surface area contributed by atoms with Crippen LogP contribution in [0.2, 0.25) is 0 Å². The third-order valence-corrected chi connectivity index (χ3v) is 5.70. The normalized spacial score (nSPS) is 16.1. The van der Waals surface area contributed by atoms with Gasteiger partial charge in [0.15, 0.2) is 4.32 Å². The number of thioether (sulfide) groups is 1. The molecule has 128 valence electrons. The summed E-state index contributed by atoms with van der Waals surface area (Å²) in [7, 11) is 0. The van der Waals surface area contributed by atoms with Gasteiger partial charge in [0.05, 0.1) is 15.1 Å². The molecule has 1 aliphatic heterocycles. The van der Waals surface area contributed by atoms with Crippen LogP contribution < -0.4 is 10.6 Å². The van der Waals surface area contributed by atoms with E-state index in [0.717, 1.165) is 16.8 Å². The highest BCUT2D eigenvalue weighted by Crippen LogP contribution is 2.39. The Hall–Kier alpha value is -1.83. The van der Waals surface area contributed by atoms with Gasteiger partial charge in [0, 0.05) is 11.3 Å². The van der Waals surface area contributed by atoms with Gasteiger partial charge in [0.25, 0.3) is 5.91 Å². The zero-order chi connectivity index (χ0) is 18.3. The molecule has 0 unspecified atom stereocenters. The molecule has 1 fully saturated rings. The van der Waals surface area contributed by atoms with Crippen molar-refractivity contribution in [2.24, 2.45) is 0 Å². The minimum absolute atomic E-state index is 0.0333. The lowest BCUT2D eigenvalue weighted by atomic mass is 10.1. The van der Waals surface area contributed by atoms with Crippen LogP contribution in [0.25, 0.3) is 6.08 Å². The van der Waals surface area contributed by atoms with Gasteiger partial charge in [-0.2, -0.15) is 0 Å². The molecular weight excluding hydrogens is 420 g/mol. The number of anilines is 2. The zero-order valence-electron chi connectivity index (χ0n) is 13.5. The number of hydrogen-bond acceptors (Lipinski definition) is 5. The Morgan fingerprint density at radius 3 is 2.68 bits per heavy atom. The van der Waals surface area contributed by atoms with Gasteiger partial charge in [-0.25, -0.2) is 0 Å². The summed E-state index contributed by atoms with van der Waals surface area (Å²) in [6.07, 6.45) is 1.61. The van der Waals surface area contributed by atoms with Gasteiger partial charge in [-0.3, -0.25) is 9.69 Å². The molecule has 1 aliphatic rings. The fourth-order valence-electron chi connectivity index (χ4n) is 2.63. The van der Waals surface area contributed by atoms with Gasteiger partial charge in [0.1, 0.15) is 5.75 Å². The Bertz CT molecular complexity index is 941. The van der Waals surface area contributed by atoms with Crippen molar-refractivity contribution in [1.82, 2.24) is 0 Å². The second-order valence-electron chi connectivity index (χ2n) is 5.75. The second kappa shape index (κ2) is 6.82. The molecule has 1 heterocycles. The Morgan fingerprint density at radius 1 is 1.28 bits per heavy atom. The molecule has 2 aromatic rings. The van der Waals surface area contributed by atoms with Gasteiger partial charge in [-0.1, -0.05) is 41.7 Å². The van der Waals surface area contributed by atoms with Crippen LogP contribution in [0.1, 0.15) is 16.7 Å². The number of nitrogens with zero attached hydrogens (tertiary/aromatic N) is 1. The third-order valence-electron chi connectivity index (χ3n) is 3.79. The summed E-state index contributed by atoms with van der Waals surface area (Å²) in [4.78, 5) is 14.8. The summed E-state index contributed by atoms with van der Waals surface area (Å²) in [6.45, 7) is 3.95. The van der Waals surface area contributed by atoms with E-state index in [9.17, 15) is 9.90 Å². The van der Waals surface area contributed by atoms with Crippen LogP contribution >= 0.6 is 39.9 Å². The highest BCUT2D eigenvalue weighted by atomic mass is 79.9. The number of carbonyl (C=O) groups is 1. The summed E-state index contributed by atoms with van der Waals surface area (Å²) in [5, 5.41) is 10.2. The molecule has 2 aromatic carbocycles. The standard InChI is InChI=1S/C18H15BrN2O2S2/c1-9-3-4-14(10(2)5-9)21-17(23)15(25-18(21)24)7-11-6-12(20)8-13(19)16(11)22/h3-8,22H,20H2,1-2H3/b15-7-. The van der Waals surface area contributed by atoms with Crippen LogP contribution in [0.15, 0.2) is 39.7 Å². The molecule has 3 N–H and O–H groups in total. The molecule has 1 saturated heterocycles. The summed E-state index contributed by atoms with van der Waals surface area (Å²) in [5.74, 6) is -0.175. The summed E-state index contributed by atoms with van der Waals surface area (Å²) < 4.78 is 0.939. The lowest BCUT2D eigenvalue weighted by Gasteiger charge is -2.17. The first-order valence-electron chi connectivity index (χ1n) is 7.41. The van der Waals surface area contributed by atoms with E-state index >= 15 is 0 Å². The number of phenols is 1. The van der Waals surface area contributed by atoms with E-state index in [1.165, 1.54) is 16.7 Å². The van der Waals surface area contributed by atoms with E-state index in [0.29, 0.717) is 24.9 Å². The van der Waals surface area contributed by atoms with Crippen LogP contribution in [0.3, 0.4) is 0 Å². The number of aromatic hydroxyl groups is 1. The van der Waals surface area contributed by atoms with E-state index in [4.69, 9.17) is 18.0 Å². The number of amides is 1. The average molecular weight is 435 g/mol. The summed E-state index contributed by atoms with van der Waals surface area (Å²) in [5.41, 5.74) is 9.64. The molecule has 0 atom stereocenters. The number of benzene rings is 2. The minimum Gasteiger partial charge on any atom is -0.506 e. The molecule has 0 spiro atoms. The van der Waals surface area contributed by atoms with Crippen molar-refractivity contribution in [1.29, 1.82) is 0 Å². The Balaban J connectivity index is 2.02. The van der Waals surface area contributed by atoms with Crippen molar-refractivity contribution < 1.29 is 9.90 Å². The molecule has 0 radical (unpaired) electrons. The molecule has 7 heteroatoms. The molecule has 0 bridgehead atoms. The fraction of sp³-hybridized carbons (Fsp3) is 0.111. The monoisotopic (exact) mass is 434 g/mol. The first-order chi connectivity index (χ1) is 11.8. The highest BCUT2D eigenvalue weighted by Gasteiger charge is 2.34. The molecule has 0 aromatic heterocycles. The Morgan fingerprint density at radius 2 is 2.00 bits per heavy atom. The second-order valence-corrected chi connectivity index (χ2v) is 8.28. The molecule has 0 aliphatic carbocycles. The van der Waals surface area contributed by atoms with Crippen molar-refractivity contribution in [3.8, 4) is 5.75 Å². The van der Waals surface area contributed by atoms with Crippen molar-refractivity contribution in [2.75, 3.05) is 10.6 Å². The van der Waals surface area contributed by atoms with Gasteiger partial charge >= 0.3 is 0 Å². The maximum atomic E-state index is 12.9. The summed E-state index contributed by atoms with van der Waals surface area (Å²) in [6, 6.07) is 9.08. The van der Waals surface area contributed by atoms with E-state index in [-0.39, 0.29) is 11.7 Å². The molecule has 4 nitrogen and oxygen atoms in total. The number of rotatable bonds is 2. The molecule has 1 amide bonds. The van der Waals surface area contributed by atoms with E-state index in [2.05, 4.69) is 15.9 Å². The highest BCUT2D eigenvalue weighted by molar-refractivity contribution is 9.10. The first kappa shape index (κ1) is 18.0. The topological polar surface area (TPSA) is 66.6 Å². The predicted molar refractivity (Wildman–Crippen MR) is 112 cm³/mol. The van der Waals surface area contributed by atoms with Crippen LogP contribution in [0, 0.1) is 13.8 Å². The molecule has 3 rings (SSSR count). The maximum absolute atomic E-state index is 12.9. The number of thiocarbonyl (C=S) groups is 1. The first-order valence-corrected chi connectivity index (χ1v) is 9.43.